The van der Waals surface area contributed by atoms with E-state index in [2.05, 4.69) is 79.9 Å². The van der Waals surface area contributed by atoms with Gasteiger partial charge in [-0.1, -0.05) is 202 Å². The van der Waals surface area contributed by atoms with Gasteiger partial charge in [0.25, 0.3) is 7.82 Å². The molecular formula is C55H101N2O6P. The minimum Gasteiger partial charge on any atom is -0.756 e. The van der Waals surface area contributed by atoms with Crippen LogP contribution in [0.4, 0.5) is 0 Å². The summed E-state index contributed by atoms with van der Waals surface area (Å²) in [4.78, 5) is 25.4. The molecule has 0 aliphatic carbocycles. The summed E-state index contributed by atoms with van der Waals surface area (Å²) in [6, 6.07) is -0.912. The molecule has 3 atom stereocenters. The Kier molecular flexibility index (Phi) is 44.6. The molecule has 64 heavy (non-hydrogen) atoms. The molecule has 8 nitrogen and oxygen atoms in total. The third-order valence-corrected chi connectivity index (χ3v) is 12.3. The fourth-order valence-corrected chi connectivity index (χ4v) is 7.91. The average Bonchev–Trinajstić information content (AvgIpc) is 3.25. The van der Waals surface area contributed by atoms with Crippen molar-refractivity contribution < 1.29 is 32.9 Å². The maximum absolute atomic E-state index is 12.9. The average molecular weight is 917 g/mol. The van der Waals surface area contributed by atoms with Crippen molar-refractivity contribution in [2.75, 3.05) is 40.9 Å². The molecule has 0 heterocycles. The van der Waals surface area contributed by atoms with Crippen LogP contribution in [0.3, 0.4) is 0 Å². The summed E-state index contributed by atoms with van der Waals surface area (Å²) in [6.45, 7) is 4.57. The maximum Gasteiger partial charge on any atom is 0.268 e. The fourth-order valence-electron chi connectivity index (χ4n) is 7.19. The summed E-state index contributed by atoms with van der Waals surface area (Å²) < 4.78 is 23.2. The van der Waals surface area contributed by atoms with Gasteiger partial charge < -0.3 is 28.8 Å². The molecule has 0 aromatic heterocycles. The summed E-state index contributed by atoms with van der Waals surface area (Å²) >= 11 is 0. The number of carbonyl (C=O) groups is 1. The van der Waals surface area contributed by atoms with Crippen molar-refractivity contribution >= 4 is 13.7 Å². The molecule has 0 saturated heterocycles. The van der Waals surface area contributed by atoms with E-state index in [0.717, 1.165) is 64.2 Å². The van der Waals surface area contributed by atoms with Crippen molar-refractivity contribution in [3.8, 4) is 0 Å². The lowest BCUT2D eigenvalue weighted by atomic mass is 10.0. The van der Waals surface area contributed by atoms with Crippen LogP contribution in [-0.2, 0) is 18.4 Å². The molecule has 9 heteroatoms. The smallest absolute Gasteiger partial charge is 0.268 e. The number of allylic oxidation sites excluding steroid dienone is 11. The Morgan fingerprint density at radius 1 is 0.547 bits per heavy atom. The highest BCUT2D eigenvalue weighted by Crippen LogP contribution is 2.38. The first-order valence-electron chi connectivity index (χ1n) is 26.3. The zero-order valence-electron chi connectivity index (χ0n) is 42.2. The van der Waals surface area contributed by atoms with Crippen molar-refractivity contribution in [3.05, 3.63) is 72.9 Å². The van der Waals surface area contributed by atoms with Crippen LogP contribution in [0.25, 0.3) is 0 Å². The molecule has 0 rings (SSSR count). The van der Waals surface area contributed by atoms with Crippen LogP contribution in [0.1, 0.15) is 219 Å². The Labute approximate surface area is 395 Å². The number of carbonyl (C=O) groups excluding carboxylic acids is 1. The van der Waals surface area contributed by atoms with Crippen LogP contribution in [0.15, 0.2) is 72.9 Å². The van der Waals surface area contributed by atoms with E-state index < -0.39 is 26.6 Å². The van der Waals surface area contributed by atoms with E-state index in [9.17, 15) is 19.4 Å². The van der Waals surface area contributed by atoms with Crippen LogP contribution < -0.4 is 10.2 Å². The predicted octanol–water partition coefficient (Wildman–Crippen LogP) is 14.9. The number of unbranched alkanes of at least 4 members (excludes halogenated alkanes) is 24. The van der Waals surface area contributed by atoms with Gasteiger partial charge in [0.2, 0.25) is 5.91 Å². The van der Waals surface area contributed by atoms with Crippen LogP contribution in [0.5, 0.6) is 0 Å². The molecule has 0 spiro atoms. The Bertz CT molecular complexity index is 1270. The van der Waals surface area contributed by atoms with E-state index in [-0.39, 0.29) is 12.5 Å². The molecule has 0 aromatic rings. The van der Waals surface area contributed by atoms with Crippen molar-refractivity contribution in [3.63, 3.8) is 0 Å². The van der Waals surface area contributed by atoms with Crippen LogP contribution >= 0.6 is 7.82 Å². The number of amides is 1. The normalized spacial score (nSPS) is 14.7. The van der Waals surface area contributed by atoms with Crippen LogP contribution in [0, 0.1) is 0 Å². The van der Waals surface area contributed by atoms with Crippen molar-refractivity contribution in [1.29, 1.82) is 0 Å². The molecule has 0 bridgehead atoms. The van der Waals surface area contributed by atoms with Crippen molar-refractivity contribution in [1.82, 2.24) is 5.32 Å². The predicted molar refractivity (Wildman–Crippen MR) is 274 cm³/mol. The molecule has 1 amide bonds. The highest BCUT2D eigenvalue weighted by molar-refractivity contribution is 7.45. The molecule has 0 aromatic carbocycles. The maximum atomic E-state index is 12.9. The van der Waals surface area contributed by atoms with Crippen LogP contribution in [0.2, 0.25) is 0 Å². The van der Waals surface area contributed by atoms with Gasteiger partial charge in [0.05, 0.1) is 39.9 Å². The number of hydrogen-bond donors (Lipinski definition) is 2. The SMILES string of the molecule is CCCCC/C=C/CC/C=C/CC/C=C/C(O)C(COP(=O)([O-])OCC[N+](C)(C)C)NC(=O)CCCCCCCCCCCCCCCC/C=C\C/C=C\C/C=C\CCCCCCC. The molecule has 0 fully saturated rings. The molecule has 3 unspecified atom stereocenters. The minimum absolute atomic E-state index is 0.0115. The van der Waals surface area contributed by atoms with E-state index in [1.54, 1.807) is 6.08 Å². The monoisotopic (exact) mass is 917 g/mol. The zero-order chi connectivity index (χ0) is 47.1. The second-order valence-electron chi connectivity index (χ2n) is 18.9. The first kappa shape index (κ1) is 61.9. The first-order chi connectivity index (χ1) is 31.0. The molecule has 0 radical (unpaired) electrons. The van der Waals surface area contributed by atoms with E-state index in [1.807, 2.05) is 27.2 Å². The van der Waals surface area contributed by atoms with Gasteiger partial charge in [0.1, 0.15) is 13.2 Å². The molecule has 0 saturated carbocycles. The summed E-state index contributed by atoms with van der Waals surface area (Å²) in [5.74, 6) is -0.215. The number of likely N-dealkylation sites (N-methyl/N-ethyl adjacent to an activating group) is 1. The van der Waals surface area contributed by atoms with Gasteiger partial charge >= 0.3 is 0 Å². The first-order valence-corrected chi connectivity index (χ1v) is 27.8. The number of rotatable bonds is 47. The van der Waals surface area contributed by atoms with Gasteiger partial charge in [-0.2, -0.15) is 0 Å². The van der Waals surface area contributed by atoms with Gasteiger partial charge in [-0.15, -0.1) is 0 Å². The van der Waals surface area contributed by atoms with Crippen LogP contribution in [-0.4, -0.2) is 68.5 Å². The molecular weight excluding hydrogens is 816 g/mol. The molecule has 372 valence electrons. The number of aliphatic hydroxyl groups is 1. The van der Waals surface area contributed by atoms with Crippen molar-refractivity contribution in [2.24, 2.45) is 0 Å². The quantitative estimate of drug-likeness (QED) is 0.0272. The van der Waals surface area contributed by atoms with E-state index in [0.29, 0.717) is 17.4 Å². The number of phosphoric acid groups is 1. The number of phosphoric ester groups is 1. The van der Waals surface area contributed by atoms with Gasteiger partial charge in [0.15, 0.2) is 0 Å². The number of hydrogen-bond acceptors (Lipinski definition) is 6. The number of aliphatic hydroxyl groups excluding tert-OH is 1. The molecule has 0 aliphatic heterocycles. The van der Waals surface area contributed by atoms with Gasteiger partial charge in [0, 0.05) is 6.42 Å². The highest BCUT2D eigenvalue weighted by Gasteiger charge is 2.23. The third-order valence-electron chi connectivity index (χ3n) is 11.4. The number of quaternary nitrogens is 1. The minimum atomic E-state index is -4.60. The van der Waals surface area contributed by atoms with Crippen molar-refractivity contribution in [2.45, 2.75) is 231 Å². The van der Waals surface area contributed by atoms with E-state index in [4.69, 9.17) is 9.05 Å². The molecule has 2 N–H and O–H groups in total. The largest absolute Gasteiger partial charge is 0.756 e. The molecule has 0 aliphatic rings. The Morgan fingerprint density at radius 3 is 1.41 bits per heavy atom. The summed E-state index contributed by atoms with van der Waals surface area (Å²) in [5, 5.41) is 13.8. The number of nitrogens with zero attached hydrogens (tertiary/aromatic N) is 1. The lowest BCUT2D eigenvalue weighted by Crippen LogP contribution is -2.45. The Morgan fingerprint density at radius 2 is 0.922 bits per heavy atom. The Hall–Kier alpha value is -2.06. The zero-order valence-corrected chi connectivity index (χ0v) is 43.1. The summed E-state index contributed by atoms with van der Waals surface area (Å²) in [5.41, 5.74) is 0. The summed E-state index contributed by atoms with van der Waals surface area (Å²) in [7, 11) is 1.23. The second-order valence-corrected chi connectivity index (χ2v) is 20.3. The van der Waals surface area contributed by atoms with E-state index in [1.165, 1.54) is 135 Å². The van der Waals surface area contributed by atoms with E-state index >= 15 is 0 Å². The van der Waals surface area contributed by atoms with Gasteiger partial charge in [-0.05, 0) is 83.5 Å². The second kappa shape index (κ2) is 46.1. The number of nitrogens with one attached hydrogen (secondary N) is 1. The fraction of sp³-hybridized carbons (Fsp3) is 0.764. The summed E-state index contributed by atoms with van der Waals surface area (Å²) in [6.07, 6.45) is 62.6. The highest BCUT2D eigenvalue weighted by atomic mass is 31.2. The standard InChI is InChI=1S/C55H101N2O6P/c1-6-8-10-12-14-16-18-20-21-22-23-24-25-26-27-28-29-30-31-32-33-34-35-37-39-41-43-45-47-49-55(59)56-53(52-63-64(60,61)62-51-50-57(3,4)5)54(58)48-46-44-42-40-38-36-19-17-15-13-11-9-7-2/h15,17-18,20,22-23,25-26,38,40,46,48,53-54,58H,6-14,16,19,21,24,27-37,39,41-45,47,49-52H2,1-5H3,(H-,56,59,60,61)/b17-15+,20-18-,23-22-,26-25-,40-38+,48-46+. The lowest BCUT2D eigenvalue weighted by Gasteiger charge is -2.29. The Balaban J connectivity index is 4.18. The van der Waals surface area contributed by atoms with Gasteiger partial charge in [-0.25, -0.2) is 0 Å². The third kappa shape index (κ3) is 47.9. The van der Waals surface area contributed by atoms with Gasteiger partial charge in [-0.3, -0.25) is 9.36 Å². The topological polar surface area (TPSA) is 108 Å². The lowest BCUT2D eigenvalue weighted by molar-refractivity contribution is -0.870.